The average Bonchev–Trinajstić information content (AvgIpc) is 2.89. The third-order valence-electron chi connectivity index (χ3n) is 3.80. The van der Waals surface area contributed by atoms with Gasteiger partial charge in [0.05, 0.1) is 5.60 Å². The van der Waals surface area contributed by atoms with Crippen LogP contribution < -0.4 is 10.6 Å². The van der Waals surface area contributed by atoms with Gasteiger partial charge in [0.2, 0.25) is 5.91 Å². The number of carbonyl (C=O) groups is 1. The van der Waals surface area contributed by atoms with E-state index in [0.717, 1.165) is 32.4 Å². The highest BCUT2D eigenvalue weighted by molar-refractivity contribution is 5.82. The van der Waals surface area contributed by atoms with Gasteiger partial charge in [-0.05, 0) is 51.6 Å². The van der Waals surface area contributed by atoms with Crippen molar-refractivity contribution in [1.82, 2.24) is 10.6 Å². The summed E-state index contributed by atoms with van der Waals surface area (Å²) in [6.07, 6.45) is 3.27. The van der Waals surface area contributed by atoms with Crippen LogP contribution in [0.1, 0.15) is 33.1 Å². The molecule has 0 bridgehead atoms. The summed E-state index contributed by atoms with van der Waals surface area (Å²) < 4.78 is 0. The van der Waals surface area contributed by atoms with E-state index in [1.165, 1.54) is 0 Å². The Labute approximate surface area is 96.8 Å². The molecule has 0 aromatic heterocycles. The lowest BCUT2D eigenvalue weighted by Crippen LogP contribution is -2.40. The molecule has 4 heteroatoms. The van der Waals surface area contributed by atoms with Gasteiger partial charge < -0.3 is 15.7 Å². The maximum Gasteiger partial charge on any atom is 0.223 e. The molecule has 1 aliphatic carbocycles. The zero-order valence-corrected chi connectivity index (χ0v) is 10.2. The Kier molecular flexibility index (Phi) is 2.97. The molecule has 1 saturated carbocycles. The molecule has 1 heterocycles. The molecule has 1 spiro atoms. The van der Waals surface area contributed by atoms with Crippen LogP contribution in [0.3, 0.4) is 0 Å². The molecule has 0 aromatic carbocycles. The number of rotatable bonds is 3. The third-order valence-corrected chi connectivity index (χ3v) is 3.80. The van der Waals surface area contributed by atoms with Crippen molar-refractivity contribution in [3.05, 3.63) is 0 Å². The number of nitrogens with one attached hydrogen (secondary N) is 2. The lowest BCUT2D eigenvalue weighted by Gasteiger charge is -2.24. The highest BCUT2D eigenvalue weighted by Crippen LogP contribution is 2.58. The fourth-order valence-corrected chi connectivity index (χ4v) is 2.62. The maximum absolute atomic E-state index is 11.9. The number of aliphatic hydroxyl groups is 1. The van der Waals surface area contributed by atoms with Crippen LogP contribution in [0.5, 0.6) is 0 Å². The van der Waals surface area contributed by atoms with Gasteiger partial charge in [0.1, 0.15) is 0 Å². The van der Waals surface area contributed by atoms with E-state index in [0.29, 0.717) is 6.54 Å². The summed E-state index contributed by atoms with van der Waals surface area (Å²) >= 11 is 0. The molecule has 1 amide bonds. The molecule has 0 radical (unpaired) electrons. The zero-order valence-electron chi connectivity index (χ0n) is 10.2. The van der Waals surface area contributed by atoms with Crippen LogP contribution in [0.25, 0.3) is 0 Å². The van der Waals surface area contributed by atoms with Crippen molar-refractivity contribution >= 4 is 5.91 Å². The molecule has 2 rings (SSSR count). The van der Waals surface area contributed by atoms with Crippen molar-refractivity contribution in [3.63, 3.8) is 0 Å². The van der Waals surface area contributed by atoms with Gasteiger partial charge in [0.25, 0.3) is 0 Å². The molecule has 0 aromatic rings. The second kappa shape index (κ2) is 4.00. The summed E-state index contributed by atoms with van der Waals surface area (Å²) in [6, 6.07) is 0. The lowest BCUT2D eigenvalue weighted by atomic mass is 9.91. The van der Waals surface area contributed by atoms with E-state index in [9.17, 15) is 9.90 Å². The van der Waals surface area contributed by atoms with Crippen LogP contribution in [0, 0.1) is 11.3 Å². The Bertz CT molecular complexity index is 277. The first-order chi connectivity index (χ1) is 7.43. The Balaban J connectivity index is 1.80. The fraction of sp³-hybridized carbons (Fsp3) is 0.917. The number of piperidine rings is 1. The molecule has 2 fully saturated rings. The summed E-state index contributed by atoms with van der Waals surface area (Å²) in [5.74, 6) is 0.320. The first-order valence-corrected chi connectivity index (χ1v) is 6.14. The SMILES string of the molecule is CC(C)(O)CNC(=O)C1CC12CCNCC2. The molecule has 1 atom stereocenters. The monoisotopic (exact) mass is 226 g/mol. The van der Waals surface area contributed by atoms with E-state index in [1.54, 1.807) is 13.8 Å². The fourth-order valence-electron chi connectivity index (χ4n) is 2.62. The molecule has 16 heavy (non-hydrogen) atoms. The second-order valence-corrected chi connectivity index (χ2v) is 5.90. The van der Waals surface area contributed by atoms with Gasteiger partial charge in [-0.25, -0.2) is 0 Å². The average molecular weight is 226 g/mol. The van der Waals surface area contributed by atoms with Gasteiger partial charge in [-0.2, -0.15) is 0 Å². The van der Waals surface area contributed by atoms with Crippen LogP contribution in [-0.4, -0.2) is 36.2 Å². The van der Waals surface area contributed by atoms with E-state index < -0.39 is 5.60 Å². The molecule has 1 saturated heterocycles. The minimum absolute atomic E-state index is 0.129. The van der Waals surface area contributed by atoms with E-state index in [4.69, 9.17) is 0 Å². The first-order valence-electron chi connectivity index (χ1n) is 6.14. The van der Waals surface area contributed by atoms with Crippen molar-refractivity contribution in [2.45, 2.75) is 38.7 Å². The third kappa shape index (κ3) is 2.55. The molecule has 4 nitrogen and oxygen atoms in total. The van der Waals surface area contributed by atoms with Crippen molar-refractivity contribution in [1.29, 1.82) is 0 Å². The van der Waals surface area contributed by atoms with Crippen molar-refractivity contribution < 1.29 is 9.90 Å². The molecular formula is C12H22N2O2. The maximum atomic E-state index is 11.9. The number of hydrogen-bond acceptors (Lipinski definition) is 3. The van der Waals surface area contributed by atoms with Crippen LogP contribution in [0.2, 0.25) is 0 Å². The van der Waals surface area contributed by atoms with Crippen molar-refractivity contribution in [2.75, 3.05) is 19.6 Å². The highest BCUT2D eigenvalue weighted by atomic mass is 16.3. The predicted octanol–water partition coefficient (Wildman–Crippen LogP) is 0.263. The first kappa shape index (κ1) is 11.9. The normalized spacial score (nSPS) is 27.8. The Morgan fingerprint density at radius 2 is 2.12 bits per heavy atom. The van der Waals surface area contributed by atoms with Gasteiger partial charge in [-0.15, -0.1) is 0 Å². The largest absolute Gasteiger partial charge is 0.389 e. The Hall–Kier alpha value is -0.610. The molecule has 1 aliphatic heterocycles. The Morgan fingerprint density at radius 3 is 2.69 bits per heavy atom. The zero-order chi connectivity index (χ0) is 11.8. The van der Waals surface area contributed by atoms with Crippen LogP contribution in [-0.2, 0) is 4.79 Å². The van der Waals surface area contributed by atoms with Crippen LogP contribution in [0.15, 0.2) is 0 Å². The highest BCUT2D eigenvalue weighted by Gasteiger charge is 2.57. The molecule has 92 valence electrons. The minimum atomic E-state index is -0.814. The van der Waals surface area contributed by atoms with E-state index >= 15 is 0 Å². The van der Waals surface area contributed by atoms with Crippen LogP contribution >= 0.6 is 0 Å². The van der Waals surface area contributed by atoms with Gasteiger partial charge in [0, 0.05) is 12.5 Å². The summed E-state index contributed by atoms with van der Waals surface area (Å²) in [5.41, 5.74) is -0.527. The number of hydrogen-bond donors (Lipinski definition) is 3. The summed E-state index contributed by atoms with van der Waals surface area (Å²) in [6.45, 7) is 5.84. The number of carbonyl (C=O) groups excluding carboxylic acids is 1. The van der Waals surface area contributed by atoms with Gasteiger partial charge in [-0.1, -0.05) is 0 Å². The smallest absolute Gasteiger partial charge is 0.223 e. The summed E-state index contributed by atoms with van der Waals surface area (Å²) in [5, 5.41) is 15.7. The van der Waals surface area contributed by atoms with Gasteiger partial charge in [0.15, 0.2) is 0 Å². The van der Waals surface area contributed by atoms with E-state index in [2.05, 4.69) is 10.6 Å². The number of amides is 1. The minimum Gasteiger partial charge on any atom is -0.389 e. The van der Waals surface area contributed by atoms with E-state index in [-0.39, 0.29) is 17.2 Å². The summed E-state index contributed by atoms with van der Waals surface area (Å²) in [4.78, 5) is 11.9. The quantitative estimate of drug-likeness (QED) is 0.647. The lowest BCUT2D eigenvalue weighted by molar-refractivity contribution is -0.124. The second-order valence-electron chi connectivity index (χ2n) is 5.90. The molecule has 3 N–H and O–H groups in total. The topological polar surface area (TPSA) is 61.4 Å². The van der Waals surface area contributed by atoms with E-state index in [1.807, 2.05) is 0 Å². The molecule has 1 unspecified atom stereocenters. The summed E-state index contributed by atoms with van der Waals surface area (Å²) in [7, 11) is 0. The molecular weight excluding hydrogens is 204 g/mol. The standard InChI is InChI=1S/C12H22N2O2/c1-11(2,16)8-14-10(15)9-7-12(9)3-5-13-6-4-12/h9,13,16H,3-8H2,1-2H3,(H,14,15). The van der Waals surface area contributed by atoms with Crippen molar-refractivity contribution in [2.24, 2.45) is 11.3 Å². The van der Waals surface area contributed by atoms with Crippen molar-refractivity contribution in [3.8, 4) is 0 Å². The molecule has 2 aliphatic rings. The Morgan fingerprint density at radius 1 is 1.50 bits per heavy atom. The van der Waals surface area contributed by atoms with Crippen LogP contribution in [0.4, 0.5) is 0 Å². The predicted molar refractivity (Wildman–Crippen MR) is 62.0 cm³/mol. The van der Waals surface area contributed by atoms with Gasteiger partial charge in [-0.3, -0.25) is 4.79 Å². The van der Waals surface area contributed by atoms with Gasteiger partial charge >= 0.3 is 0 Å².